The normalized spacial score (nSPS) is 17.3. The Morgan fingerprint density at radius 2 is 1.74 bits per heavy atom. The molecule has 0 saturated heterocycles. The van der Waals surface area contributed by atoms with Gasteiger partial charge in [0, 0.05) is 6.42 Å². The van der Waals surface area contributed by atoms with Gasteiger partial charge in [-0.1, -0.05) is 25.0 Å². The van der Waals surface area contributed by atoms with Crippen molar-refractivity contribution in [2.24, 2.45) is 5.73 Å². The van der Waals surface area contributed by atoms with Crippen molar-refractivity contribution in [3.05, 3.63) is 12.2 Å². The number of halogens is 3. The van der Waals surface area contributed by atoms with Gasteiger partial charge < -0.3 is 21.1 Å². The summed E-state index contributed by atoms with van der Waals surface area (Å²) in [6.07, 6.45) is 0.975. The standard InChI is InChI=1S/C15H26F3NO4/c16-10-15(19,14(22)23)13(21)11(20)8-6-4-2-1-3-5-7-9-12(17)18/h4,6,11-13,20-21H,1-3,5,7-10,19H2,(H,22,23)/b6-4+. The maximum Gasteiger partial charge on any atom is 0.329 e. The van der Waals surface area contributed by atoms with E-state index in [0.717, 1.165) is 19.3 Å². The summed E-state index contributed by atoms with van der Waals surface area (Å²) in [5.74, 6) is -1.72. The zero-order valence-corrected chi connectivity index (χ0v) is 13.0. The van der Waals surface area contributed by atoms with Crippen LogP contribution in [-0.2, 0) is 4.79 Å². The van der Waals surface area contributed by atoms with Crippen LogP contribution < -0.4 is 5.73 Å². The molecule has 0 amide bonds. The van der Waals surface area contributed by atoms with E-state index in [1.54, 1.807) is 12.2 Å². The number of carboxylic acids is 1. The van der Waals surface area contributed by atoms with Crippen LogP contribution in [0.5, 0.6) is 0 Å². The van der Waals surface area contributed by atoms with Gasteiger partial charge in [-0.15, -0.1) is 0 Å². The van der Waals surface area contributed by atoms with Crippen LogP contribution in [0.15, 0.2) is 12.2 Å². The number of allylic oxidation sites excluding steroid dienone is 1. The van der Waals surface area contributed by atoms with Gasteiger partial charge in [0.25, 0.3) is 0 Å². The summed E-state index contributed by atoms with van der Waals surface area (Å²) in [7, 11) is 0. The molecular formula is C15H26F3NO4. The second-order valence-electron chi connectivity index (χ2n) is 5.58. The van der Waals surface area contributed by atoms with Crippen LogP contribution in [0.25, 0.3) is 0 Å². The fourth-order valence-corrected chi connectivity index (χ4v) is 2.00. The average molecular weight is 341 g/mol. The molecule has 0 aromatic heterocycles. The average Bonchev–Trinajstić information content (AvgIpc) is 2.50. The zero-order chi connectivity index (χ0) is 17.9. The second kappa shape index (κ2) is 11.4. The van der Waals surface area contributed by atoms with Crippen LogP contribution in [0.2, 0.25) is 0 Å². The Hall–Kier alpha value is -1.12. The molecule has 3 atom stereocenters. The van der Waals surface area contributed by atoms with Crippen molar-refractivity contribution in [3.63, 3.8) is 0 Å². The van der Waals surface area contributed by atoms with Gasteiger partial charge in [0.2, 0.25) is 6.43 Å². The summed E-state index contributed by atoms with van der Waals surface area (Å²) in [6.45, 7) is -1.50. The van der Waals surface area contributed by atoms with E-state index in [9.17, 15) is 28.2 Å². The summed E-state index contributed by atoms with van der Waals surface area (Å²) in [6, 6.07) is 0. The number of carbonyl (C=O) groups is 1. The number of nitrogens with two attached hydrogens (primary N) is 1. The first-order valence-electron chi connectivity index (χ1n) is 7.63. The van der Waals surface area contributed by atoms with Gasteiger partial charge >= 0.3 is 5.97 Å². The van der Waals surface area contributed by atoms with E-state index < -0.39 is 36.8 Å². The Balaban J connectivity index is 3.96. The SMILES string of the molecule is NC(CF)(C(=O)O)C(O)C(O)C/C=C/CCCCCCC(F)F. The quantitative estimate of drug-likeness (QED) is 0.303. The summed E-state index contributed by atoms with van der Waals surface area (Å²) in [5.41, 5.74) is 2.71. The van der Waals surface area contributed by atoms with E-state index >= 15 is 0 Å². The third kappa shape index (κ3) is 8.34. The van der Waals surface area contributed by atoms with Gasteiger partial charge in [-0.25, -0.2) is 13.2 Å². The molecule has 0 aromatic rings. The molecule has 5 nitrogen and oxygen atoms in total. The predicted molar refractivity (Wildman–Crippen MR) is 80.0 cm³/mol. The van der Waals surface area contributed by atoms with E-state index in [4.69, 9.17) is 10.8 Å². The first-order valence-corrected chi connectivity index (χ1v) is 7.63. The van der Waals surface area contributed by atoms with E-state index in [2.05, 4.69) is 0 Å². The first-order chi connectivity index (χ1) is 10.8. The summed E-state index contributed by atoms with van der Waals surface area (Å²) in [5, 5.41) is 28.1. The molecule has 0 aliphatic carbocycles. The molecule has 0 heterocycles. The summed E-state index contributed by atoms with van der Waals surface area (Å²) < 4.78 is 36.5. The van der Waals surface area contributed by atoms with Gasteiger partial charge in [0.1, 0.15) is 12.8 Å². The van der Waals surface area contributed by atoms with E-state index in [-0.39, 0.29) is 12.8 Å². The molecule has 8 heteroatoms. The molecule has 0 saturated carbocycles. The van der Waals surface area contributed by atoms with Crippen molar-refractivity contribution < 1.29 is 33.3 Å². The lowest BCUT2D eigenvalue weighted by molar-refractivity contribution is -0.153. The van der Waals surface area contributed by atoms with Gasteiger partial charge in [0.05, 0.1) is 6.10 Å². The van der Waals surface area contributed by atoms with Crippen molar-refractivity contribution in [1.29, 1.82) is 0 Å². The molecule has 23 heavy (non-hydrogen) atoms. The molecular weight excluding hydrogens is 315 g/mol. The van der Waals surface area contributed by atoms with E-state index in [1.807, 2.05) is 0 Å². The fraction of sp³-hybridized carbons (Fsp3) is 0.800. The Kier molecular flexibility index (Phi) is 10.9. The van der Waals surface area contributed by atoms with Crippen LogP contribution in [-0.4, -0.2) is 52.1 Å². The maximum absolute atomic E-state index is 12.7. The molecule has 0 aromatic carbocycles. The van der Waals surface area contributed by atoms with E-state index in [1.165, 1.54) is 0 Å². The van der Waals surface area contributed by atoms with Crippen molar-refractivity contribution >= 4 is 5.97 Å². The Morgan fingerprint density at radius 3 is 2.26 bits per heavy atom. The Morgan fingerprint density at radius 1 is 1.13 bits per heavy atom. The number of aliphatic hydroxyl groups is 2. The molecule has 0 aliphatic heterocycles. The number of aliphatic hydroxyl groups excluding tert-OH is 2. The number of carboxylic acid groups (broad SMARTS) is 1. The number of aliphatic carboxylic acids is 1. The lowest BCUT2D eigenvalue weighted by atomic mass is 9.90. The highest BCUT2D eigenvalue weighted by atomic mass is 19.3. The van der Waals surface area contributed by atoms with Gasteiger partial charge in [-0.05, 0) is 25.7 Å². The molecule has 0 fully saturated rings. The minimum absolute atomic E-state index is 0.0568. The van der Waals surface area contributed by atoms with Crippen molar-refractivity contribution in [3.8, 4) is 0 Å². The van der Waals surface area contributed by atoms with Crippen molar-refractivity contribution in [1.82, 2.24) is 0 Å². The topological polar surface area (TPSA) is 104 Å². The molecule has 0 spiro atoms. The summed E-state index contributed by atoms with van der Waals surface area (Å²) in [4.78, 5) is 10.8. The van der Waals surface area contributed by atoms with Gasteiger partial charge in [0.15, 0.2) is 5.54 Å². The van der Waals surface area contributed by atoms with Crippen LogP contribution in [0.1, 0.15) is 44.9 Å². The van der Waals surface area contributed by atoms with Crippen molar-refractivity contribution in [2.45, 2.75) is 69.1 Å². The third-order valence-electron chi connectivity index (χ3n) is 3.60. The lowest BCUT2D eigenvalue weighted by Crippen LogP contribution is -2.62. The Bertz CT molecular complexity index is 369. The highest BCUT2D eigenvalue weighted by Crippen LogP contribution is 2.16. The monoisotopic (exact) mass is 341 g/mol. The van der Waals surface area contributed by atoms with Crippen LogP contribution in [0, 0.1) is 0 Å². The number of hydrogen-bond donors (Lipinski definition) is 4. The maximum atomic E-state index is 12.7. The van der Waals surface area contributed by atoms with Crippen LogP contribution in [0.4, 0.5) is 13.2 Å². The predicted octanol–water partition coefficient (Wildman–Crippen LogP) is 2.01. The van der Waals surface area contributed by atoms with Crippen LogP contribution in [0.3, 0.4) is 0 Å². The highest BCUT2D eigenvalue weighted by Gasteiger charge is 2.45. The molecule has 5 N–H and O–H groups in total. The zero-order valence-electron chi connectivity index (χ0n) is 13.0. The molecule has 0 radical (unpaired) electrons. The fourth-order valence-electron chi connectivity index (χ4n) is 2.00. The van der Waals surface area contributed by atoms with Crippen LogP contribution >= 0.6 is 0 Å². The lowest BCUT2D eigenvalue weighted by Gasteiger charge is -2.30. The van der Waals surface area contributed by atoms with E-state index in [0.29, 0.717) is 12.8 Å². The largest absolute Gasteiger partial charge is 0.480 e. The van der Waals surface area contributed by atoms with Gasteiger partial charge in [-0.2, -0.15) is 0 Å². The summed E-state index contributed by atoms with van der Waals surface area (Å²) >= 11 is 0. The molecule has 0 rings (SSSR count). The minimum atomic E-state index is -2.53. The van der Waals surface area contributed by atoms with Crippen molar-refractivity contribution in [2.75, 3.05) is 6.67 Å². The van der Waals surface area contributed by atoms with Gasteiger partial charge in [-0.3, -0.25) is 4.79 Å². The molecule has 136 valence electrons. The minimum Gasteiger partial charge on any atom is -0.480 e. The number of rotatable bonds is 13. The molecule has 0 bridgehead atoms. The first kappa shape index (κ1) is 21.9. The second-order valence-corrected chi connectivity index (χ2v) is 5.58. The molecule has 3 unspecified atom stereocenters. The smallest absolute Gasteiger partial charge is 0.329 e. The third-order valence-corrected chi connectivity index (χ3v) is 3.60. The Labute approximate surface area is 134 Å². The highest BCUT2D eigenvalue weighted by molar-refractivity contribution is 5.79. The molecule has 0 aliphatic rings. The number of hydrogen-bond acceptors (Lipinski definition) is 4. The number of alkyl halides is 3. The number of unbranched alkanes of at least 4 members (excludes halogenated alkanes) is 4.